The van der Waals surface area contributed by atoms with Gasteiger partial charge in [0, 0.05) is 43.5 Å². The number of amides is 3. The number of rotatable bonds is 6. The van der Waals surface area contributed by atoms with Gasteiger partial charge in [-0.05, 0) is 35.0 Å². The van der Waals surface area contributed by atoms with Crippen LogP contribution in [0.25, 0.3) is 17.0 Å². The smallest absolute Gasteiger partial charge is 0.293 e. The summed E-state index contributed by atoms with van der Waals surface area (Å²) in [6.07, 6.45) is 1.69. The molecule has 1 saturated heterocycles. The number of fused-ring (bicyclic) bond motifs is 1. The van der Waals surface area contributed by atoms with Gasteiger partial charge in [-0.15, -0.1) is 0 Å². The Morgan fingerprint density at radius 2 is 1.78 bits per heavy atom. The minimum absolute atomic E-state index is 0.00821. The quantitative estimate of drug-likeness (QED) is 0.583. The van der Waals surface area contributed by atoms with Gasteiger partial charge in [0.2, 0.25) is 11.5 Å². The lowest BCUT2D eigenvalue weighted by molar-refractivity contribution is -0.131. The summed E-state index contributed by atoms with van der Waals surface area (Å²) in [5, 5.41) is 0.483. The average molecular weight is 448 g/mol. The fourth-order valence-corrected chi connectivity index (χ4v) is 4.41. The lowest BCUT2D eigenvalue weighted by atomic mass is 10.1. The Bertz CT molecular complexity index is 1280. The molecule has 2 heterocycles. The molecule has 8 heteroatoms. The second kappa shape index (κ2) is 9.23. The summed E-state index contributed by atoms with van der Waals surface area (Å²) in [6.45, 7) is 0.259. The third kappa shape index (κ3) is 4.65. The molecule has 32 heavy (non-hydrogen) atoms. The zero-order chi connectivity index (χ0) is 22.7. The predicted molar refractivity (Wildman–Crippen MR) is 125 cm³/mol. The molecule has 3 amide bonds. The van der Waals surface area contributed by atoms with E-state index >= 15 is 0 Å². The first kappa shape index (κ1) is 21.6. The predicted octanol–water partition coefficient (Wildman–Crippen LogP) is 3.61. The first-order valence-corrected chi connectivity index (χ1v) is 10.9. The largest absolute Gasteiger partial charge is 0.341 e. The van der Waals surface area contributed by atoms with Crippen LogP contribution in [0.1, 0.15) is 17.5 Å². The van der Waals surface area contributed by atoms with Gasteiger partial charge in [-0.3, -0.25) is 24.1 Å². The van der Waals surface area contributed by atoms with Crippen molar-refractivity contribution in [2.75, 3.05) is 13.6 Å². The number of nitrogens with one attached hydrogen (secondary N) is 1. The van der Waals surface area contributed by atoms with E-state index in [4.69, 9.17) is 0 Å². The molecule has 1 aromatic heterocycles. The summed E-state index contributed by atoms with van der Waals surface area (Å²) in [7, 11) is 1.64. The highest BCUT2D eigenvalue weighted by Gasteiger charge is 2.35. The second-order valence-electron chi connectivity index (χ2n) is 7.45. The molecule has 0 radical (unpaired) electrons. The maximum absolute atomic E-state index is 12.7. The molecule has 0 atom stereocenters. The Kier molecular flexibility index (Phi) is 6.23. The van der Waals surface area contributed by atoms with Gasteiger partial charge in [-0.1, -0.05) is 48.5 Å². The van der Waals surface area contributed by atoms with E-state index in [1.165, 1.54) is 11.0 Å². The number of carbonyl (C=O) groups is 3. The molecule has 1 aliphatic rings. The molecule has 1 N–H and O–H groups in total. The van der Waals surface area contributed by atoms with Gasteiger partial charge in [0.25, 0.3) is 11.1 Å². The van der Waals surface area contributed by atoms with E-state index in [2.05, 4.69) is 4.98 Å². The van der Waals surface area contributed by atoms with Crippen LogP contribution >= 0.6 is 11.8 Å². The number of benzene rings is 2. The van der Waals surface area contributed by atoms with Crippen molar-refractivity contribution in [1.82, 2.24) is 14.8 Å². The average Bonchev–Trinajstić information content (AvgIpc) is 3.04. The third-order valence-corrected chi connectivity index (χ3v) is 6.10. The zero-order valence-corrected chi connectivity index (χ0v) is 18.2. The summed E-state index contributed by atoms with van der Waals surface area (Å²) in [6, 6.07) is 18.2. The number of aromatic nitrogens is 1. The summed E-state index contributed by atoms with van der Waals surface area (Å²) < 4.78 is 0. The van der Waals surface area contributed by atoms with Gasteiger partial charge < -0.3 is 9.88 Å². The van der Waals surface area contributed by atoms with Crippen molar-refractivity contribution >= 4 is 45.8 Å². The van der Waals surface area contributed by atoms with Crippen LogP contribution in [0.2, 0.25) is 0 Å². The second-order valence-corrected chi connectivity index (χ2v) is 8.44. The highest BCUT2D eigenvalue weighted by atomic mass is 32.2. The fourth-order valence-electron chi connectivity index (χ4n) is 3.54. The van der Waals surface area contributed by atoms with E-state index in [0.29, 0.717) is 10.4 Å². The molecular weight excluding hydrogens is 426 g/mol. The van der Waals surface area contributed by atoms with Crippen LogP contribution in [-0.2, 0) is 16.1 Å². The molecule has 0 spiro atoms. The molecule has 3 aromatic rings. The lowest BCUT2D eigenvalue weighted by Gasteiger charge is -2.20. The Hall–Kier alpha value is -3.65. The van der Waals surface area contributed by atoms with Gasteiger partial charge in [-0.2, -0.15) is 0 Å². The molecule has 162 valence electrons. The van der Waals surface area contributed by atoms with E-state index < -0.39 is 0 Å². The van der Waals surface area contributed by atoms with Gasteiger partial charge >= 0.3 is 0 Å². The summed E-state index contributed by atoms with van der Waals surface area (Å²) in [5.41, 5.74) is 2.04. The monoisotopic (exact) mass is 447 g/mol. The van der Waals surface area contributed by atoms with Crippen LogP contribution in [0.3, 0.4) is 0 Å². The molecule has 0 bridgehead atoms. The molecule has 4 rings (SSSR count). The van der Waals surface area contributed by atoms with Crippen molar-refractivity contribution in [2.24, 2.45) is 0 Å². The molecule has 0 aliphatic carbocycles. The highest BCUT2D eigenvalue weighted by molar-refractivity contribution is 8.18. The van der Waals surface area contributed by atoms with Gasteiger partial charge in [0.1, 0.15) is 0 Å². The van der Waals surface area contributed by atoms with Crippen molar-refractivity contribution in [3.63, 3.8) is 0 Å². The van der Waals surface area contributed by atoms with E-state index in [1.807, 2.05) is 54.6 Å². The van der Waals surface area contributed by atoms with E-state index in [-0.39, 0.29) is 42.1 Å². The number of pyridine rings is 1. The molecule has 0 unspecified atom stereocenters. The Balaban J connectivity index is 1.41. The maximum Gasteiger partial charge on any atom is 0.293 e. The van der Waals surface area contributed by atoms with Crippen molar-refractivity contribution in [3.05, 3.63) is 87.0 Å². The van der Waals surface area contributed by atoms with E-state index in [0.717, 1.165) is 33.2 Å². The number of imide groups is 1. The lowest BCUT2D eigenvalue weighted by Crippen LogP contribution is -2.34. The molecule has 1 fully saturated rings. The number of aromatic amines is 1. The normalized spacial score (nSPS) is 15.0. The number of H-pyrrole nitrogens is 1. The Morgan fingerprint density at radius 1 is 1.06 bits per heavy atom. The minimum Gasteiger partial charge on any atom is -0.341 e. The maximum atomic E-state index is 12.7. The van der Waals surface area contributed by atoms with Crippen molar-refractivity contribution < 1.29 is 14.4 Å². The number of para-hydroxylation sites is 1. The van der Waals surface area contributed by atoms with Gasteiger partial charge in [-0.25, -0.2) is 0 Å². The number of thioether (sulfide) groups is 1. The van der Waals surface area contributed by atoms with Crippen LogP contribution in [0.5, 0.6) is 0 Å². The molecule has 7 nitrogen and oxygen atoms in total. The van der Waals surface area contributed by atoms with Crippen LogP contribution in [0.4, 0.5) is 4.79 Å². The van der Waals surface area contributed by atoms with Crippen molar-refractivity contribution in [1.29, 1.82) is 0 Å². The molecule has 0 saturated carbocycles. The van der Waals surface area contributed by atoms with Crippen LogP contribution in [0.15, 0.2) is 70.4 Å². The van der Waals surface area contributed by atoms with Gasteiger partial charge in [0.05, 0.1) is 4.91 Å². The van der Waals surface area contributed by atoms with E-state index in [9.17, 15) is 19.2 Å². The zero-order valence-electron chi connectivity index (χ0n) is 17.4. The topological polar surface area (TPSA) is 90.6 Å². The number of nitrogens with zero attached hydrogens (tertiary/aromatic N) is 2. The summed E-state index contributed by atoms with van der Waals surface area (Å²) >= 11 is 0.878. The summed E-state index contributed by atoms with van der Waals surface area (Å²) in [4.78, 5) is 55.3. The molecule has 2 aromatic carbocycles. The van der Waals surface area contributed by atoms with Crippen LogP contribution in [0, 0.1) is 0 Å². The minimum atomic E-state index is -0.389. The molecule has 1 aliphatic heterocycles. The van der Waals surface area contributed by atoms with Crippen LogP contribution < -0.4 is 5.56 Å². The Morgan fingerprint density at radius 3 is 2.56 bits per heavy atom. The SMILES string of the molecule is CN(Cc1cc(=O)[nH]c2ccccc12)C(=O)CCN1C(=O)S/C(=C/c2ccccc2)C1=O. The van der Waals surface area contributed by atoms with Crippen molar-refractivity contribution in [2.45, 2.75) is 13.0 Å². The highest BCUT2D eigenvalue weighted by Crippen LogP contribution is 2.32. The number of carbonyl (C=O) groups excluding carboxylic acids is 3. The molecular formula is C24H21N3O4S. The Labute approximate surface area is 188 Å². The fraction of sp³-hybridized carbons (Fsp3) is 0.167. The summed E-state index contributed by atoms with van der Waals surface area (Å²) in [5.74, 6) is -0.611. The van der Waals surface area contributed by atoms with Crippen molar-refractivity contribution in [3.8, 4) is 0 Å². The van der Waals surface area contributed by atoms with Crippen LogP contribution in [-0.4, -0.2) is 45.4 Å². The number of hydrogen-bond acceptors (Lipinski definition) is 5. The standard InChI is InChI=1S/C24H21N3O4S/c1-26(15-17-14-21(28)25-19-10-6-5-9-18(17)19)22(29)11-12-27-23(30)20(32-24(27)31)13-16-7-3-2-4-8-16/h2-10,13-14H,11-12,15H2,1H3,(H,25,28)/b20-13+. The first-order chi connectivity index (χ1) is 15.4. The number of hydrogen-bond donors (Lipinski definition) is 1. The first-order valence-electron chi connectivity index (χ1n) is 10.1. The third-order valence-electron chi connectivity index (χ3n) is 5.19. The van der Waals surface area contributed by atoms with E-state index in [1.54, 1.807) is 13.1 Å². The van der Waals surface area contributed by atoms with Gasteiger partial charge in [0.15, 0.2) is 0 Å².